The summed E-state index contributed by atoms with van der Waals surface area (Å²) in [5.41, 5.74) is 2.10. The van der Waals surface area contributed by atoms with Crippen LogP contribution in [0.4, 0.5) is 0 Å². The first-order valence-electron chi connectivity index (χ1n) is 7.88. The summed E-state index contributed by atoms with van der Waals surface area (Å²) in [6.07, 6.45) is 0. The molecule has 1 saturated heterocycles. The van der Waals surface area contributed by atoms with Crippen molar-refractivity contribution in [1.29, 1.82) is 0 Å². The van der Waals surface area contributed by atoms with Crippen molar-refractivity contribution in [3.05, 3.63) is 59.7 Å². The van der Waals surface area contributed by atoms with Gasteiger partial charge in [0.25, 0.3) is 0 Å². The van der Waals surface area contributed by atoms with Gasteiger partial charge in [-0.15, -0.1) is 0 Å². The van der Waals surface area contributed by atoms with Crippen LogP contribution in [-0.4, -0.2) is 27.3 Å². The molecule has 121 valence electrons. The highest BCUT2D eigenvalue weighted by Gasteiger charge is 2.39. The monoisotopic (exact) mass is 311 g/mol. The maximum absolute atomic E-state index is 5.27. The second kappa shape index (κ2) is 6.60. The van der Waals surface area contributed by atoms with Gasteiger partial charge in [-0.3, -0.25) is 0 Å². The molecule has 23 heavy (non-hydrogen) atoms. The van der Waals surface area contributed by atoms with Crippen LogP contribution >= 0.6 is 0 Å². The first-order chi connectivity index (χ1) is 11.2. The third-order valence-electron chi connectivity index (χ3n) is 4.59. The predicted molar refractivity (Wildman–Crippen MR) is 91.1 cm³/mol. The molecule has 1 fully saturated rings. The molecule has 0 saturated carbocycles. The highest BCUT2D eigenvalue weighted by Crippen LogP contribution is 2.38. The van der Waals surface area contributed by atoms with Crippen LogP contribution < -0.4 is 20.1 Å². The van der Waals surface area contributed by atoms with Crippen molar-refractivity contribution in [2.24, 2.45) is 0 Å². The van der Waals surface area contributed by atoms with Gasteiger partial charge in [0.05, 0.1) is 25.8 Å². The molecule has 3 rings (SSSR count). The Balaban J connectivity index is 1.95. The highest BCUT2D eigenvalue weighted by molar-refractivity contribution is 5.38. The van der Waals surface area contributed by atoms with E-state index in [9.17, 15) is 0 Å². The molecule has 2 unspecified atom stereocenters. The zero-order chi connectivity index (χ0) is 16.3. The summed E-state index contributed by atoms with van der Waals surface area (Å²) in [6, 6.07) is 16.6. The molecule has 0 aromatic heterocycles. The lowest BCUT2D eigenvalue weighted by Crippen LogP contribution is -2.53. The van der Waals surface area contributed by atoms with Gasteiger partial charge in [-0.2, -0.15) is 0 Å². The second-order valence-corrected chi connectivity index (χ2v) is 5.92. The van der Waals surface area contributed by atoms with Crippen LogP contribution in [0, 0.1) is 0 Å². The average Bonchev–Trinajstić information content (AvgIpc) is 2.62. The van der Waals surface area contributed by atoms with E-state index in [1.54, 1.807) is 14.2 Å². The van der Waals surface area contributed by atoms with Crippen molar-refractivity contribution in [2.45, 2.75) is 18.5 Å². The molecule has 2 atom stereocenters. The van der Waals surface area contributed by atoms with Gasteiger partial charge in [0.15, 0.2) is 0 Å². The Labute approximate surface area is 137 Å². The maximum atomic E-state index is 5.27. The molecule has 0 bridgehead atoms. The van der Waals surface area contributed by atoms with Gasteiger partial charge in [-0.25, -0.2) is 5.32 Å². The molecule has 4 heteroatoms. The summed E-state index contributed by atoms with van der Waals surface area (Å²) in [4.78, 5) is 0. The van der Waals surface area contributed by atoms with Crippen LogP contribution in [0.3, 0.4) is 0 Å². The molecule has 1 N–H and O–H groups in total. The number of methoxy groups -OCH3 is 2. The van der Waals surface area contributed by atoms with E-state index in [0.29, 0.717) is 0 Å². The quantitative estimate of drug-likeness (QED) is 0.944. The minimum atomic E-state index is -0.306. The van der Waals surface area contributed by atoms with E-state index in [4.69, 9.17) is 14.8 Å². The number of rotatable bonds is 4. The Bertz CT molecular complexity index is 639. The molecule has 2 aromatic carbocycles. The summed E-state index contributed by atoms with van der Waals surface area (Å²) in [5.74, 6) is 1.73. The van der Waals surface area contributed by atoms with Gasteiger partial charge in [-0.1, -0.05) is 24.3 Å². The van der Waals surface area contributed by atoms with Crippen molar-refractivity contribution in [3.8, 4) is 11.5 Å². The van der Waals surface area contributed by atoms with E-state index in [1.807, 2.05) is 24.3 Å². The summed E-state index contributed by atoms with van der Waals surface area (Å²) in [6.45, 7) is 3.90. The molecule has 1 aliphatic heterocycles. The van der Waals surface area contributed by atoms with Crippen LogP contribution in [-0.2, 0) is 5.54 Å². The lowest BCUT2D eigenvalue weighted by Gasteiger charge is -2.42. The number of hydrogen-bond acceptors (Lipinski definition) is 3. The largest absolute Gasteiger partial charge is 0.497 e. The van der Waals surface area contributed by atoms with E-state index in [2.05, 4.69) is 36.5 Å². The minimum Gasteiger partial charge on any atom is -0.497 e. The molecule has 1 aliphatic rings. The Morgan fingerprint density at radius 2 is 1.52 bits per heavy atom. The van der Waals surface area contributed by atoms with Gasteiger partial charge in [0, 0.05) is 13.1 Å². The summed E-state index contributed by atoms with van der Waals surface area (Å²) in [5, 5.41) is 8.58. The predicted octanol–water partition coefficient (Wildman–Crippen LogP) is 2.87. The standard InChI is InChI=1S/C19H23N2O2/c1-19(15-6-10-17(23-3)11-7-15)18(20-12-13-21-19)14-4-8-16(22-2)9-5-14/h4-11,18,20H,12-13H2,1-3H3. The molecule has 0 amide bonds. The van der Waals surface area contributed by atoms with E-state index in [1.165, 1.54) is 11.1 Å². The fourth-order valence-corrected chi connectivity index (χ4v) is 3.21. The molecule has 4 nitrogen and oxygen atoms in total. The molecule has 0 spiro atoms. The molecule has 0 aliphatic carbocycles. The van der Waals surface area contributed by atoms with E-state index in [-0.39, 0.29) is 11.6 Å². The van der Waals surface area contributed by atoms with Crippen LogP contribution in [0.5, 0.6) is 11.5 Å². The van der Waals surface area contributed by atoms with Crippen LogP contribution in [0.1, 0.15) is 24.1 Å². The second-order valence-electron chi connectivity index (χ2n) is 5.92. The lowest BCUT2D eigenvalue weighted by atomic mass is 9.79. The Hall–Kier alpha value is -2.04. The number of hydrogen-bond donors (Lipinski definition) is 1. The van der Waals surface area contributed by atoms with E-state index in [0.717, 1.165) is 24.6 Å². The van der Waals surface area contributed by atoms with Crippen molar-refractivity contribution < 1.29 is 9.47 Å². The van der Waals surface area contributed by atoms with Crippen LogP contribution in [0.25, 0.3) is 0 Å². The third-order valence-corrected chi connectivity index (χ3v) is 4.59. The minimum absolute atomic E-state index is 0.135. The average molecular weight is 311 g/mol. The molecule has 1 heterocycles. The van der Waals surface area contributed by atoms with Gasteiger partial charge in [-0.05, 0) is 42.3 Å². The van der Waals surface area contributed by atoms with Crippen LogP contribution in [0.15, 0.2) is 48.5 Å². The topological polar surface area (TPSA) is 44.6 Å². The SMILES string of the molecule is COc1ccc(C2NCC[N]C2(C)c2ccc(OC)cc2)cc1. The summed E-state index contributed by atoms with van der Waals surface area (Å²) >= 11 is 0. The maximum Gasteiger partial charge on any atom is 0.118 e. The van der Waals surface area contributed by atoms with Gasteiger partial charge in [0.1, 0.15) is 11.5 Å². The van der Waals surface area contributed by atoms with Crippen molar-refractivity contribution in [1.82, 2.24) is 10.6 Å². The normalized spacial score (nSPS) is 24.2. The molecular formula is C19H23N2O2. The fourth-order valence-electron chi connectivity index (χ4n) is 3.21. The zero-order valence-electron chi connectivity index (χ0n) is 13.9. The van der Waals surface area contributed by atoms with Gasteiger partial charge < -0.3 is 14.8 Å². The number of piperazine rings is 1. The third kappa shape index (κ3) is 3.05. The van der Waals surface area contributed by atoms with Gasteiger partial charge >= 0.3 is 0 Å². The number of nitrogens with one attached hydrogen (secondary N) is 1. The first kappa shape index (κ1) is 15.8. The molecule has 1 radical (unpaired) electrons. The Morgan fingerprint density at radius 1 is 0.957 bits per heavy atom. The number of nitrogens with zero attached hydrogens (tertiary/aromatic N) is 1. The summed E-state index contributed by atoms with van der Waals surface area (Å²) in [7, 11) is 3.37. The van der Waals surface area contributed by atoms with Crippen molar-refractivity contribution in [2.75, 3.05) is 27.3 Å². The highest BCUT2D eigenvalue weighted by atomic mass is 16.5. The zero-order valence-corrected chi connectivity index (χ0v) is 13.9. The van der Waals surface area contributed by atoms with Gasteiger partial charge in [0.2, 0.25) is 0 Å². The molecule has 2 aromatic rings. The molecular weight excluding hydrogens is 288 g/mol. The number of ether oxygens (including phenoxy) is 2. The first-order valence-corrected chi connectivity index (χ1v) is 7.88. The Kier molecular flexibility index (Phi) is 4.55. The van der Waals surface area contributed by atoms with Crippen molar-refractivity contribution >= 4 is 0 Å². The lowest BCUT2D eigenvalue weighted by molar-refractivity contribution is 0.212. The van der Waals surface area contributed by atoms with Crippen molar-refractivity contribution in [3.63, 3.8) is 0 Å². The smallest absolute Gasteiger partial charge is 0.118 e. The van der Waals surface area contributed by atoms with E-state index < -0.39 is 0 Å². The van der Waals surface area contributed by atoms with Crippen LogP contribution in [0.2, 0.25) is 0 Å². The number of benzene rings is 2. The Morgan fingerprint density at radius 3 is 2.09 bits per heavy atom. The summed E-state index contributed by atoms with van der Waals surface area (Å²) < 4.78 is 10.5. The van der Waals surface area contributed by atoms with E-state index >= 15 is 0 Å². The fraction of sp³-hybridized carbons (Fsp3) is 0.368.